The van der Waals surface area contributed by atoms with Gasteiger partial charge in [-0.15, -0.1) is 0 Å². The second-order valence-electron chi connectivity index (χ2n) is 7.41. The van der Waals surface area contributed by atoms with Crippen molar-refractivity contribution in [3.63, 3.8) is 0 Å². The first-order valence-corrected chi connectivity index (χ1v) is 11.1. The minimum absolute atomic E-state index is 0.107. The highest BCUT2D eigenvalue weighted by Crippen LogP contribution is 2.36. The van der Waals surface area contributed by atoms with Crippen LogP contribution in [0.25, 0.3) is 0 Å². The Morgan fingerprint density at radius 1 is 1.19 bits per heavy atom. The molecule has 3 aliphatic rings. The van der Waals surface area contributed by atoms with Crippen LogP contribution in [0, 0.1) is 5.92 Å². The van der Waals surface area contributed by atoms with Gasteiger partial charge in [0.15, 0.2) is 5.17 Å². The van der Waals surface area contributed by atoms with Crippen LogP contribution in [-0.4, -0.2) is 46.8 Å². The standard InChI is InChI=1S/C20H24ClN3O2S/c21-15-8-2-4-10-17(15)24-18(25)12-22-20(24)27-13-19(26)23-11-5-7-14-6-1-3-9-16(14)23/h2,4,8,10,14,16H,1,3,5-7,9,11-13H2/t14-,16-/m1/s1. The van der Waals surface area contributed by atoms with Crippen molar-refractivity contribution in [1.82, 2.24) is 4.90 Å². The number of aliphatic imine (C=N–C) groups is 1. The summed E-state index contributed by atoms with van der Waals surface area (Å²) in [5.41, 5.74) is 0.630. The predicted molar refractivity (Wildman–Crippen MR) is 110 cm³/mol. The van der Waals surface area contributed by atoms with Crippen molar-refractivity contribution in [2.45, 2.75) is 44.6 Å². The molecule has 1 saturated carbocycles. The van der Waals surface area contributed by atoms with Gasteiger partial charge in [0, 0.05) is 12.6 Å². The maximum absolute atomic E-state index is 12.9. The summed E-state index contributed by atoms with van der Waals surface area (Å²) in [6.07, 6.45) is 7.25. The zero-order valence-corrected chi connectivity index (χ0v) is 16.8. The number of nitrogens with zero attached hydrogens (tertiary/aromatic N) is 3. The predicted octanol–water partition coefficient (Wildman–Crippen LogP) is 3.96. The van der Waals surface area contributed by atoms with E-state index in [4.69, 9.17) is 11.6 Å². The molecule has 144 valence electrons. The lowest BCUT2D eigenvalue weighted by Gasteiger charge is -2.44. The molecular weight excluding hydrogens is 382 g/mol. The summed E-state index contributed by atoms with van der Waals surface area (Å²) in [6, 6.07) is 7.65. The van der Waals surface area contributed by atoms with Gasteiger partial charge >= 0.3 is 0 Å². The van der Waals surface area contributed by atoms with Gasteiger partial charge in [-0.2, -0.15) is 0 Å². The summed E-state index contributed by atoms with van der Waals surface area (Å²) in [4.78, 5) is 33.2. The summed E-state index contributed by atoms with van der Waals surface area (Å²) >= 11 is 7.61. The van der Waals surface area contributed by atoms with Crippen molar-refractivity contribution in [3.05, 3.63) is 29.3 Å². The molecule has 0 bridgehead atoms. The van der Waals surface area contributed by atoms with Crippen molar-refractivity contribution in [3.8, 4) is 0 Å². The first-order valence-electron chi connectivity index (χ1n) is 9.69. The fourth-order valence-electron chi connectivity index (χ4n) is 4.51. The van der Waals surface area contributed by atoms with Gasteiger partial charge in [-0.3, -0.25) is 19.5 Å². The van der Waals surface area contributed by atoms with Crippen LogP contribution in [0.3, 0.4) is 0 Å². The lowest BCUT2D eigenvalue weighted by molar-refractivity contribution is -0.134. The molecule has 1 saturated heterocycles. The van der Waals surface area contributed by atoms with Gasteiger partial charge < -0.3 is 4.90 Å². The number of hydrogen-bond donors (Lipinski definition) is 0. The van der Waals surface area contributed by atoms with E-state index < -0.39 is 0 Å². The van der Waals surface area contributed by atoms with Crippen LogP contribution >= 0.6 is 23.4 Å². The molecule has 4 rings (SSSR count). The third-order valence-electron chi connectivity index (χ3n) is 5.77. The number of carbonyl (C=O) groups is 2. The molecule has 27 heavy (non-hydrogen) atoms. The van der Waals surface area contributed by atoms with Gasteiger partial charge in [0.2, 0.25) is 5.91 Å². The molecule has 0 spiro atoms. The topological polar surface area (TPSA) is 53.0 Å². The Bertz CT molecular complexity index is 767. The molecule has 2 atom stereocenters. The highest BCUT2D eigenvalue weighted by Gasteiger charge is 2.36. The normalized spacial score (nSPS) is 25.4. The molecule has 2 heterocycles. The number of likely N-dealkylation sites (tertiary alicyclic amines) is 1. The van der Waals surface area contributed by atoms with Gasteiger partial charge in [-0.05, 0) is 43.7 Å². The number of benzene rings is 1. The lowest BCUT2D eigenvalue weighted by Crippen LogP contribution is -2.50. The number of rotatable bonds is 3. The third kappa shape index (κ3) is 3.87. The zero-order chi connectivity index (χ0) is 18.8. The lowest BCUT2D eigenvalue weighted by atomic mass is 9.78. The third-order valence-corrected chi connectivity index (χ3v) is 7.05. The summed E-state index contributed by atoms with van der Waals surface area (Å²) in [5.74, 6) is 1.05. The number of fused-ring (bicyclic) bond motifs is 1. The minimum Gasteiger partial charge on any atom is -0.339 e. The number of carbonyl (C=O) groups excluding carboxylic acids is 2. The monoisotopic (exact) mass is 405 g/mol. The maximum Gasteiger partial charge on any atom is 0.254 e. The summed E-state index contributed by atoms with van der Waals surface area (Å²) in [6.45, 7) is 0.969. The Balaban J connectivity index is 1.42. The minimum atomic E-state index is -0.108. The number of anilines is 1. The van der Waals surface area contributed by atoms with Crippen molar-refractivity contribution < 1.29 is 9.59 Å². The van der Waals surface area contributed by atoms with Crippen LogP contribution in [-0.2, 0) is 9.59 Å². The molecule has 1 aromatic carbocycles. The van der Waals surface area contributed by atoms with E-state index in [0.717, 1.165) is 19.4 Å². The van der Waals surface area contributed by atoms with Crippen LogP contribution in [0.2, 0.25) is 5.02 Å². The molecule has 5 nitrogen and oxygen atoms in total. The molecular formula is C20H24ClN3O2S. The fourth-order valence-corrected chi connectivity index (χ4v) is 5.63. The highest BCUT2D eigenvalue weighted by molar-refractivity contribution is 8.14. The van der Waals surface area contributed by atoms with Gasteiger partial charge in [-0.1, -0.05) is 48.3 Å². The van der Waals surface area contributed by atoms with Gasteiger partial charge in [-0.25, -0.2) is 0 Å². The van der Waals surface area contributed by atoms with E-state index in [1.54, 1.807) is 17.0 Å². The fraction of sp³-hybridized carbons (Fsp3) is 0.550. The number of hydrogen-bond acceptors (Lipinski definition) is 4. The Hall–Kier alpha value is -1.53. The van der Waals surface area contributed by atoms with E-state index in [9.17, 15) is 9.59 Å². The molecule has 1 aromatic rings. The molecule has 0 unspecified atom stereocenters. The molecule has 2 fully saturated rings. The van der Waals surface area contributed by atoms with E-state index in [0.29, 0.717) is 33.6 Å². The van der Waals surface area contributed by atoms with Gasteiger partial charge in [0.1, 0.15) is 6.54 Å². The Kier molecular flexibility index (Phi) is 5.74. The van der Waals surface area contributed by atoms with E-state index in [1.165, 1.54) is 37.4 Å². The largest absolute Gasteiger partial charge is 0.339 e. The van der Waals surface area contributed by atoms with E-state index in [-0.39, 0.29) is 18.4 Å². The molecule has 0 radical (unpaired) electrons. The SMILES string of the molecule is O=C1CN=C(SCC(=O)N2CCC[C@H]3CCCC[C@H]32)N1c1ccccc1Cl. The number of halogens is 1. The number of amidine groups is 1. The van der Waals surface area contributed by atoms with Crippen molar-refractivity contribution in [2.75, 3.05) is 23.7 Å². The number of amides is 2. The summed E-state index contributed by atoms with van der Waals surface area (Å²) in [7, 11) is 0. The summed E-state index contributed by atoms with van der Waals surface area (Å²) in [5, 5.41) is 1.08. The van der Waals surface area contributed by atoms with Crippen molar-refractivity contribution in [2.24, 2.45) is 10.9 Å². The first-order chi connectivity index (χ1) is 13.1. The van der Waals surface area contributed by atoms with Crippen molar-refractivity contribution >= 4 is 46.0 Å². The highest BCUT2D eigenvalue weighted by atomic mass is 35.5. The average molecular weight is 406 g/mol. The molecule has 7 heteroatoms. The van der Waals surface area contributed by atoms with Crippen LogP contribution in [0.5, 0.6) is 0 Å². The molecule has 2 amide bonds. The molecule has 1 aliphatic carbocycles. The second-order valence-corrected chi connectivity index (χ2v) is 8.76. The van der Waals surface area contributed by atoms with Crippen LogP contribution in [0.1, 0.15) is 38.5 Å². The Morgan fingerprint density at radius 2 is 1.96 bits per heavy atom. The van der Waals surface area contributed by atoms with Crippen molar-refractivity contribution in [1.29, 1.82) is 0 Å². The number of piperidine rings is 1. The zero-order valence-electron chi connectivity index (χ0n) is 15.3. The molecule has 0 N–H and O–H groups in total. The van der Waals surface area contributed by atoms with E-state index in [1.807, 2.05) is 12.1 Å². The van der Waals surface area contributed by atoms with Gasteiger partial charge in [0.25, 0.3) is 5.91 Å². The number of para-hydroxylation sites is 1. The summed E-state index contributed by atoms with van der Waals surface area (Å²) < 4.78 is 0. The average Bonchev–Trinajstić information content (AvgIpc) is 3.06. The van der Waals surface area contributed by atoms with Gasteiger partial charge in [0.05, 0.1) is 16.5 Å². The first kappa shape index (κ1) is 18.8. The Labute approximate surface area is 169 Å². The quantitative estimate of drug-likeness (QED) is 0.764. The van der Waals surface area contributed by atoms with E-state index in [2.05, 4.69) is 9.89 Å². The number of thioether (sulfide) groups is 1. The van der Waals surface area contributed by atoms with Crippen LogP contribution in [0.4, 0.5) is 5.69 Å². The van der Waals surface area contributed by atoms with Crippen LogP contribution < -0.4 is 4.90 Å². The Morgan fingerprint density at radius 3 is 2.81 bits per heavy atom. The maximum atomic E-state index is 12.9. The molecule has 2 aliphatic heterocycles. The second kappa shape index (κ2) is 8.23. The van der Waals surface area contributed by atoms with E-state index >= 15 is 0 Å². The van der Waals surface area contributed by atoms with Crippen LogP contribution in [0.15, 0.2) is 29.3 Å². The molecule has 0 aromatic heterocycles. The smallest absolute Gasteiger partial charge is 0.254 e.